The van der Waals surface area contributed by atoms with Crippen molar-refractivity contribution in [2.45, 2.75) is 11.4 Å². The van der Waals surface area contributed by atoms with Crippen molar-refractivity contribution in [2.24, 2.45) is 0 Å². The molecule has 0 heterocycles. The third-order valence-electron chi connectivity index (χ3n) is 4.86. The van der Waals surface area contributed by atoms with Crippen molar-refractivity contribution in [3.8, 4) is 5.75 Å². The summed E-state index contributed by atoms with van der Waals surface area (Å²) in [6, 6.07) is 18.0. The second-order valence-electron chi connectivity index (χ2n) is 6.98. The molecular weight excluding hydrogens is 468 g/mol. The molecule has 0 N–H and O–H groups in total. The summed E-state index contributed by atoms with van der Waals surface area (Å²) >= 11 is 3.42. The summed E-state index contributed by atoms with van der Waals surface area (Å²) < 4.78 is 33.2. The first-order chi connectivity index (χ1) is 14.2. The van der Waals surface area contributed by atoms with Gasteiger partial charge >= 0.3 is 0 Å². The molecule has 0 aliphatic carbocycles. The van der Waals surface area contributed by atoms with Crippen LogP contribution in [0.15, 0.2) is 70.0 Å². The summed E-state index contributed by atoms with van der Waals surface area (Å²) in [4.78, 5) is 14.3. The third-order valence-corrected chi connectivity index (χ3v) is 7.16. The maximum atomic E-state index is 13.0. The predicted octanol–water partition coefficient (Wildman–Crippen LogP) is 3.89. The highest BCUT2D eigenvalue weighted by Crippen LogP contribution is 2.25. The normalized spacial score (nSPS) is 11.6. The molecule has 0 aliphatic rings. The summed E-state index contributed by atoms with van der Waals surface area (Å²) in [5, 5.41) is 1.79. The number of nitrogens with zero attached hydrogens (tertiary/aromatic N) is 2. The van der Waals surface area contributed by atoms with E-state index < -0.39 is 10.0 Å². The van der Waals surface area contributed by atoms with E-state index >= 15 is 0 Å². The Hall–Kier alpha value is -2.42. The van der Waals surface area contributed by atoms with E-state index in [0.29, 0.717) is 12.3 Å². The largest absolute Gasteiger partial charge is 0.496 e. The quantitative estimate of drug-likeness (QED) is 0.503. The van der Waals surface area contributed by atoms with Crippen LogP contribution in [0.2, 0.25) is 0 Å². The number of sulfonamides is 1. The molecule has 0 bridgehead atoms. The first-order valence-electron chi connectivity index (χ1n) is 9.24. The summed E-state index contributed by atoms with van der Waals surface area (Å²) in [5.41, 5.74) is 0.822. The van der Waals surface area contributed by atoms with Gasteiger partial charge in [-0.25, -0.2) is 8.42 Å². The zero-order chi connectivity index (χ0) is 21.9. The van der Waals surface area contributed by atoms with Gasteiger partial charge in [-0.15, -0.1) is 0 Å². The van der Waals surface area contributed by atoms with E-state index in [9.17, 15) is 13.2 Å². The minimum Gasteiger partial charge on any atom is -0.496 e. The van der Waals surface area contributed by atoms with Crippen molar-refractivity contribution in [3.63, 3.8) is 0 Å². The Kier molecular flexibility index (Phi) is 6.80. The number of carbonyl (C=O) groups is 1. The molecule has 0 saturated carbocycles. The maximum absolute atomic E-state index is 13.0. The fraction of sp³-hybridized carbons (Fsp3) is 0.227. The molecule has 3 rings (SSSR count). The standard InChI is InChI=1S/C22H23BrN2O4S/c1-24(14-18-12-19(23)9-11-21(18)29-3)22(26)15-25(2)30(27,28)20-10-8-16-6-4-5-7-17(16)13-20/h4-13H,14-15H2,1-3H3. The monoisotopic (exact) mass is 490 g/mol. The lowest BCUT2D eigenvalue weighted by atomic mass is 10.1. The molecule has 0 saturated heterocycles. The minimum atomic E-state index is -3.80. The Morgan fingerprint density at radius 3 is 2.40 bits per heavy atom. The van der Waals surface area contributed by atoms with E-state index in [-0.39, 0.29) is 17.3 Å². The lowest BCUT2D eigenvalue weighted by molar-refractivity contribution is -0.130. The number of benzene rings is 3. The lowest BCUT2D eigenvalue weighted by Crippen LogP contribution is -2.39. The van der Waals surface area contributed by atoms with Crippen LogP contribution in [0, 0.1) is 0 Å². The number of likely N-dealkylation sites (N-methyl/N-ethyl adjacent to an activating group) is 2. The number of hydrogen-bond acceptors (Lipinski definition) is 4. The van der Waals surface area contributed by atoms with Crippen LogP contribution in [0.4, 0.5) is 0 Å². The van der Waals surface area contributed by atoms with Crippen molar-refractivity contribution in [1.29, 1.82) is 0 Å². The smallest absolute Gasteiger partial charge is 0.243 e. The molecular formula is C22H23BrN2O4S. The molecule has 6 nitrogen and oxygen atoms in total. The molecule has 30 heavy (non-hydrogen) atoms. The van der Waals surface area contributed by atoms with Gasteiger partial charge in [-0.1, -0.05) is 46.3 Å². The Morgan fingerprint density at radius 2 is 1.70 bits per heavy atom. The number of rotatable bonds is 7. The van der Waals surface area contributed by atoms with E-state index in [0.717, 1.165) is 25.1 Å². The van der Waals surface area contributed by atoms with E-state index in [1.54, 1.807) is 32.4 Å². The van der Waals surface area contributed by atoms with E-state index in [4.69, 9.17) is 4.74 Å². The molecule has 1 amide bonds. The topological polar surface area (TPSA) is 66.9 Å². The van der Waals surface area contributed by atoms with Crippen molar-refractivity contribution in [2.75, 3.05) is 27.7 Å². The minimum absolute atomic E-state index is 0.160. The SMILES string of the molecule is COc1ccc(Br)cc1CN(C)C(=O)CN(C)S(=O)(=O)c1ccc2ccccc2c1. The average molecular weight is 491 g/mol. The zero-order valence-electron chi connectivity index (χ0n) is 17.0. The molecule has 3 aromatic rings. The molecule has 0 spiro atoms. The van der Waals surface area contributed by atoms with Gasteiger partial charge < -0.3 is 9.64 Å². The van der Waals surface area contributed by atoms with Gasteiger partial charge in [0.05, 0.1) is 18.6 Å². The molecule has 0 unspecified atom stereocenters. The molecule has 3 aromatic carbocycles. The fourth-order valence-corrected chi connectivity index (χ4v) is 4.68. The number of halogens is 1. The van der Waals surface area contributed by atoms with Gasteiger partial charge in [-0.3, -0.25) is 4.79 Å². The summed E-state index contributed by atoms with van der Waals surface area (Å²) in [6.07, 6.45) is 0. The molecule has 158 valence electrons. The summed E-state index contributed by atoms with van der Waals surface area (Å²) in [5.74, 6) is 0.346. The van der Waals surface area contributed by atoms with Crippen LogP contribution in [0.3, 0.4) is 0 Å². The van der Waals surface area contributed by atoms with Crippen LogP contribution in [0.5, 0.6) is 5.75 Å². The number of carbonyl (C=O) groups excluding carboxylic acids is 1. The van der Waals surface area contributed by atoms with Crippen molar-refractivity contribution in [3.05, 3.63) is 70.7 Å². The average Bonchev–Trinajstić information content (AvgIpc) is 2.73. The summed E-state index contributed by atoms with van der Waals surface area (Å²) in [7, 11) is 0.821. The van der Waals surface area contributed by atoms with E-state index in [1.165, 1.54) is 11.9 Å². The highest BCUT2D eigenvalue weighted by molar-refractivity contribution is 9.10. The maximum Gasteiger partial charge on any atom is 0.243 e. The van der Waals surface area contributed by atoms with Crippen molar-refractivity contribution >= 4 is 42.6 Å². The molecule has 0 atom stereocenters. The fourth-order valence-electron chi connectivity index (χ4n) is 3.12. The van der Waals surface area contributed by atoms with Crippen LogP contribution in [-0.2, 0) is 21.4 Å². The molecule has 0 radical (unpaired) electrons. The Labute approximate surface area is 185 Å². The Balaban J connectivity index is 1.74. The van der Waals surface area contributed by atoms with Crippen LogP contribution in [0.1, 0.15) is 5.56 Å². The van der Waals surface area contributed by atoms with Gasteiger partial charge in [-0.05, 0) is 41.1 Å². The number of hydrogen-bond donors (Lipinski definition) is 0. The van der Waals surface area contributed by atoms with Gasteiger partial charge in [0.15, 0.2) is 0 Å². The van der Waals surface area contributed by atoms with Crippen LogP contribution >= 0.6 is 15.9 Å². The van der Waals surface area contributed by atoms with E-state index in [2.05, 4.69) is 15.9 Å². The first-order valence-corrected chi connectivity index (χ1v) is 11.5. The third kappa shape index (κ3) is 4.83. The highest BCUT2D eigenvalue weighted by Gasteiger charge is 2.25. The van der Waals surface area contributed by atoms with Gasteiger partial charge in [0.2, 0.25) is 15.9 Å². The second-order valence-corrected chi connectivity index (χ2v) is 9.94. The van der Waals surface area contributed by atoms with Crippen molar-refractivity contribution < 1.29 is 17.9 Å². The van der Waals surface area contributed by atoms with Crippen LogP contribution < -0.4 is 4.74 Å². The Morgan fingerprint density at radius 1 is 1.00 bits per heavy atom. The van der Waals surface area contributed by atoms with Gasteiger partial charge in [0.1, 0.15) is 5.75 Å². The number of ether oxygens (including phenoxy) is 1. The predicted molar refractivity (Wildman–Crippen MR) is 121 cm³/mol. The molecule has 0 fully saturated rings. The molecule has 0 aromatic heterocycles. The van der Waals surface area contributed by atoms with Crippen LogP contribution in [-0.4, -0.2) is 51.3 Å². The lowest BCUT2D eigenvalue weighted by Gasteiger charge is -2.23. The first kappa shape index (κ1) is 22.3. The van der Waals surface area contributed by atoms with Crippen LogP contribution in [0.25, 0.3) is 10.8 Å². The summed E-state index contributed by atoms with van der Waals surface area (Å²) in [6.45, 7) is 0.0350. The highest BCUT2D eigenvalue weighted by atomic mass is 79.9. The number of methoxy groups -OCH3 is 1. The molecule has 8 heteroatoms. The zero-order valence-corrected chi connectivity index (χ0v) is 19.4. The van der Waals surface area contributed by atoms with Gasteiger partial charge in [-0.2, -0.15) is 4.31 Å². The van der Waals surface area contributed by atoms with Gasteiger partial charge in [0.25, 0.3) is 0 Å². The van der Waals surface area contributed by atoms with E-state index in [1.807, 2.05) is 42.5 Å². The van der Waals surface area contributed by atoms with Crippen molar-refractivity contribution in [1.82, 2.24) is 9.21 Å². The Bertz CT molecular complexity index is 1180. The number of amides is 1. The van der Waals surface area contributed by atoms with Gasteiger partial charge in [0, 0.05) is 30.7 Å². The second kappa shape index (κ2) is 9.16. The number of fused-ring (bicyclic) bond motifs is 1. The molecule has 0 aliphatic heterocycles.